The standard InChI is InChI=1S/C23H23NO4/c24-23(26)18-7-8-21-20(13-18)19(14-22(25)28-21)17-5-3-15(4-6-17)1-2-16-9-11-27-12-10-16/h3-8,13-14,16H,1-2,9-12H2,(H2,24,26). The first-order valence-corrected chi connectivity index (χ1v) is 9.65. The highest BCUT2D eigenvalue weighted by molar-refractivity contribution is 6.00. The van der Waals surface area contributed by atoms with Gasteiger partial charge in [-0.2, -0.15) is 0 Å². The van der Waals surface area contributed by atoms with E-state index < -0.39 is 11.5 Å². The van der Waals surface area contributed by atoms with Crippen LogP contribution in [-0.2, 0) is 11.2 Å². The molecule has 0 aliphatic carbocycles. The highest BCUT2D eigenvalue weighted by Gasteiger charge is 2.14. The monoisotopic (exact) mass is 377 g/mol. The van der Waals surface area contributed by atoms with Crippen LogP contribution in [-0.4, -0.2) is 19.1 Å². The Morgan fingerprint density at radius 1 is 1.04 bits per heavy atom. The average Bonchev–Trinajstić information content (AvgIpc) is 2.72. The minimum atomic E-state index is -0.512. The van der Waals surface area contributed by atoms with Crippen molar-refractivity contribution in [1.82, 2.24) is 0 Å². The second kappa shape index (κ2) is 7.98. The number of aryl methyl sites for hydroxylation is 1. The van der Waals surface area contributed by atoms with Gasteiger partial charge in [-0.15, -0.1) is 0 Å². The molecule has 2 N–H and O–H groups in total. The average molecular weight is 377 g/mol. The van der Waals surface area contributed by atoms with E-state index in [1.54, 1.807) is 18.2 Å². The lowest BCUT2D eigenvalue weighted by molar-refractivity contribution is 0.0640. The predicted octanol–water partition coefficient (Wildman–Crippen LogP) is 3.92. The van der Waals surface area contributed by atoms with Crippen LogP contribution in [0.1, 0.15) is 35.2 Å². The van der Waals surface area contributed by atoms with Crippen LogP contribution in [0.5, 0.6) is 0 Å². The molecule has 1 aliphatic heterocycles. The Morgan fingerprint density at radius 3 is 2.50 bits per heavy atom. The van der Waals surface area contributed by atoms with E-state index in [4.69, 9.17) is 14.9 Å². The molecule has 1 saturated heterocycles. The molecule has 2 aromatic carbocycles. The summed E-state index contributed by atoms with van der Waals surface area (Å²) in [6, 6.07) is 14.6. The van der Waals surface area contributed by atoms with Crippen molar-refractivity contribution in [3.05, 3.63) is 70.1 Å². The van der Waals surface area contributed by atoms with Crippen LogP contribution in [0.25, 0.3) is 22.1 Å². The van der Waals surface area contributed by atoms with E-state index in [9.17, 15) is 9.59 Å². The number of ether oxygens (including phenoxy) is 1. The molecule has 28 heavy (non-hydrogen) atoms. The lowest BCUT2D eigenvalue weighted by Gasteiger charge is -2.21. The molecule has 3 aromatic rings. The van der Waals surface area contributed by atoms with Gasteiger partial charge in [0.05, 0.1) is 0 Å². The third-order valence-corrected chi connectivity index (χ3v) is 5.47. The maximum Gasteiger partial charge on any atom is 0.336 e. The number of benzene rings is 2. The van der Waals surface area contributed by atoms with Crippen LogP contribution < -0.4 is 11.4 Å². The molecule has 1 aromatic heterocycles. The first-order chi connectivity index (χ1) is 13.6. The molecule has 1 aliphatic rings. The normalized spacial score (nSPS) is 15.0. The van der Waals surface area contributed by atoms with Gasteiger partial charge in [-0.1, -0.05) is 24.3 Å². The number of hydrogen-bond acceptors (Lipinski definition) is 4. The number of amides is 1. The van der Waals surface area contributed by atoms with Crippen LogP contribution in [0.15, 0.2) is 57.7 Å². The van der Waals surface area contributed by atoms with Crippen molar-refractivity contribution in [2.75, 3.05) is 13.2 Å². The van der Waals surface area contributed by atoms with E-state index in [-0.39, 0.29) is 0 Å². The number of carbonyl (C=O) groups excluding carboxylic acids is 1. The molecule has 0 spiro atoms. The minimum absolute atomic E-state index is 0.385. The number of primary amides is 1. The molecule has 1 fully saturated rings. The molecule has 0 radical (unpaired) electrons. The summed E-state index contributed by atoms with van der Waals surface area (Å²) < 4.78 is 10.7. The van der Waals surface area contributed by atoms with Gasteiger partial charge in [0.2, 0.25) is 5.91 Å². The molecule has 5 heteroatoms. The third kappa shape index (κ3) is 3.99. The van der Waals surface area contributed by atoms with Crippen molar-refractivity contribution in [2.24, 2.45) is 11.7 Å². The summed E-state index contributed by atoms with van der Waals surface area (Å²) in [6.07, 6.45) is 4.50. The fourth-order valence-corrected chi connectivity index (χ4v) is 3.81. The SMILES string of the molecule is NC(=O)c1ccc2oc(=O)cc(-c3ccc(CCC4CCOCC4)cc3)c2c1. The summed E-state index contributed by atoms with van der Waals surface area (Å²) in [4.78, 5) is 23.5. The summed E-state index contributed by atoms with van der Waals surface area (Å²) in [6.45, 7) is 1.75. The predicted molar refractivity (Wildman–Crippen MR) is 108 cm³/mol. The summed E-state index contributed by atoms with van der Waals surface area (Å²) in [5, 5.41) is 0.700. The van der Waals surface area contributed by atoms with Crippen molar-refractivity contribution in [1.29, 1.82) is 0 Å². The second-order valence-corrected chi connectivity index (χ2v) is 7.35. The fraction of sp³-hybridized carbons (Fsp3) is 0.304. The molecular formula is C23H23NO4. The van der Waals surface area contributed by atoms with E-state index in [1.165, 1.54) is 18.1 Å². The number of rotatable bonds is 5. The molecule has 4 rings (SSSR count). The van der Waals surface area contributed by atoms with E-state index >= 15 is 0 Å². The third-order valence-electron chi connectivity index (χ3n) is 5.47. The summed E-state index contributed by atoms with van der Waals surface area (Å²) in [5.41, 5.74) is 8.74. The van der Waals surface area contributed by atoms with Gasteiger partial charge < -0.3 is 14.9 Å². The maximum absolute atomic E-state index is 12.0. The smallest absolute Gasteiger partial charge is 0.336 e. The second-order valence-electron chi connectivity index (χ2n) is 7.35. The maximum atomic E-state index is 12.0. The van der Waals surface area contributed by atoms with Gasteiger partial charge in [0.15, 0.2) is 0 Å². The number of carbonyl (C=O) groups is 1. The van der Waals surface area contributed by atoms with Crippen molar-refractivity contribution in [3.8, 4) is 11.1 Å². The molecular weight excluding hydrogens is 354 g/mol. The highest BCUT2D eigenvalue weighted by Crippen LogP contribution is 2.29. The summed E-state index contributed by atoms with van der Waals surface area (Å²) in [5.74, 6) is 0.228. The summed E-state index contributed by atoms with van der Waals surface area (Å²) >= 11 is 0. The lowest BCUT2D eigenvalue weighted by atomic mass is 9.92. The Bertz CT molecular complexity index is 1050. The molecule has 5 nitrogen and oxygen atoms in total. The zero-order chi connectivity index (χ0) is 19.5. The Kier molecular flexibility index (Phi) is 5.26. The topological polar surface area (TPSA) is 82.5 Å². The molecule has 0 bridgehead atoms. The van der Waals surface area contributed by atoms with Gasteiger partial charge >= 0.3 is 5.63 Å². The van der Waals surface area contributed by atoms with Crippen molar-refractivity contribution in [3.63, 3.8) is 0 Å². The van der Waals surface area contributed by atoms with Gasteiger partial charge in [-0.05, 0) is 66.5 Å². The van der Waals surface area contributed by atoms with Crippen LogP contribution in [0, 0.1) is 5.92 Å². The van der Waals surface area contributed by atoms with E-state index in [0.29, 0.717) is 16.5 Å². The Balaban J connectivity index is 1.61. The number of hydrogen-bond donors (Lipinski definition) is 1. The fourth-order valence-electron chi connectivity index (χ4n) is 3.81. The van der Waals surface area contributed by atoms with E-state index in [1.807, 2.05) is 12.1 Å². The molecule has 1 amide bonds. The van der Waals surface area contributed by atoms with Crippen LogP contribution in [0.3, 0.4) is 0 Å². The van der Waals surface area contributed by atoms with Gasteiger partial charge in [0.25, 0.3) is 0 Å². The van der Waals surface area contributed by atoms with E-state index in [0.717, 1.165) is 49.5 Å². The lowest BCUT2D eigenvalue weighted by Crippen LogP contribution is -2.16. The Labute approximate surface area is 163 Å². The van der Waals surface area contributed by atoms with Crippen LogP contribution in [0.2, 0.25) is 0 Å². The van der Waals surface area contributed by atoms with Gasteiger partial charge in [-0.3, -0.25) is 4.79 Å². The van der Waals surface area contributed by atoms with Crippen LogP contribution >= 0.6 is 0 Å². The van der Waals surface area contributed by atoms with Gasteiger partial charge in [0.1, 0.15) is 5.58 Å². The largest absolute Gasteiger partial charge is 0.423 e. The van der Waals surface area contributed by atoms with E-state index in [2.05, 4.69) is 12.1 Å². The Morgan fingerprint density at radius 2 is 1.79 bits per heavy atom. The van der Waals surface area contributed by atoms with Gasteiger partial charge in [0, 0.05) is 30.2 Å². The first kappa shape index (κ1) is 18.4. The summed E-state index contributed by atoms with van der Waals surface area (Å²) in [7, 11) is 0. The zero-order valence-corrected chi connectivity index (χ0v) is 15.6. The molecule has 0 unspecified atom stereocenters. The van der Waals surface area contributed by atoms with Crippen LogP contribution in [0.4, 0.5) is 0 Å². The molecule has 2 heterocycles. The molecule has 144 valence electrons. The van der Waals surface area contributed by atoms with Crippen molar-refractivity contribution >= 4 is 16.9 Å². The Hall–Kier alpha value is -2.92. The highest BCUT2D eigenvalue weighted by atomic mass is 16.5. The minimum Gasteiger partial charge on any atom is -0.423 e. The molecule has 0 atom stereocenters. The quantitative estimate of drug-likeness (QED) is 0.683. The number of fused-ring (bicyclic) bond motifs is 1. The number of nitrogens with two attached hydrogens (primary N) is 1. The zero-order valence-electron chi connectivity index (χ0n) is 15.6. The van der Waals surface area contributed by atoms with Gasteiger partial charge in [-0.25, -0.2) is 4.79 Å². The van der Waals surface area contributed by atoms with Crippen molar-refractivity contribution < 1.29 is 13.9 Å². The first-order valence-electron chi connectivity index (χ1n) is 9.65. The molecule has 0 saturated carbocycles. The van der Waals surface area contributed by atoms with Crippen molar-refractivity contribution in [2.45, 2.75) is 25.7 Å².